The van der Waals surface area contributed by atoms with E-state index in [0.717, 1.165) is 26.1 Å². The molecular weight excluding hydrogens is 184 g/mol. The van der Waals surface area contributed by atoms with Crippen LogP contribution >= 0.6 is 0 Å². The molecule has 1 fully saturated rings. The summed E-state index contributed by atoms with van der Waals surface area (Å²) in [6.07, 6.45) is 1.94. The molecular formula is C9H18N2O3. The standard InChI is InChI=1S/C9H18N2O3/c1-10-8(9(12)13)6-11-7-2-4-14-5-3-7/h7-8,10-11H,2-6H2,1H3,(H,12,13). The average Bonchev–Trinajstić information content (AvgIpc) is 2.20. The van der Waals surface area contributed by atoms with Gasteiger partial charge in [-0.15, -0.1) is 0 Å². The number of carboxylic acids is 1. The Balaban J connectivity index is 2.20. The fourth-order valence-corrected chi connectivity index (χ4v) is 1.50. The van der Waals surface area contributed by atoms with E-state index in [1.165, 1.54) is 0 Å². The van der Waals surface area contributed by atoms with Crippen LogP contribution in [0.2, 0.25) is 0 Å². The molecule has 5 nitrogen and oxygen atoms in total. The van der Waals surface area contributed by atoms with Gasteiger partial charge in [0, 0.05) is 25.8 Å². The summed E-state index contributed by atoms with van der Waals surface area (Å²) < 4.78 is 5.21. The van der Waals surface area contributed by atoms with E-state index in [2.05, 4.69) is 10.6 Å². The zero-order valence-corrected chi connectivity index (χ0v) is 8.45. The van der Waals surface area contributed by atoms with Gasteiger partial charge in [-0.25, -0.2) is 0 Å². The molecule has 0 radical (unpaired) electrons. The van der Waals surface area contributed by atoms with Crippen molar-refractivity contribution in [1.29, 1.82) is 0 Å². The zero-order chi connectivity index (χ0) is 10.4. The van der Waals surface area contributed by atoms with Crippen LogP contribution in [0, 0.1) is 0 Å². The van der Waals surface area contributed by atoms with Crippen LogP contribution in [-0.2, 0) is 9.53 Å². The second-order valence-corrected chi connectivity index (χ2v) is 3.47. The van der Waals surface area contributed by atoms with E-state index < -0.39 is 12.0 Å². The number of ether oxygens (including phenoxy) is 1. The minimum absolute atomic E-state index is 0.402. The first-order chi connectivity index (χ1) is 6.74. The van der Waals surface area contributed by atoms with Crippen LogP contribution in [0.1, 0.15) is 12.8 Å². The molecule has 0 amide bonds. The Kier molecular flexibility index (Phi) is 4.86. The lowest BCUT2D eigenvalue weighted by atomic mass is 10.1. The number of aliphatic carboxylic acids is 1. The molecule has 0 aromatic carbocycles. The van der Waals surface area contributed by atoms with Gasteiger partial charge in [0.2, 0.25) is 0 Å². The summed E-state index contributed by atoms with van der Waals surface area (Å²) in [5, 5.41) is 14.8. The molecule has 82 valence electrons. The van der Waals surface area contributed by atoms with Gasteiger partial charge >= 0.3 is 5.97 Å². The van der Waals surface area contributed by atoms with Crippen molar-refractivity contribution in [2.75, 3.05) is 26.8 Å². The van der Waals surface area contributed by atoms with Crippen LogP contribution in [0.3, 0.4) is 0 Å². The smallest absolute Gasteiger partial charge is 0.322 e. The van der Waals surface area contributed by atoms with Gasteiger partial charge in [-0.2, -0.15) is 0 Å². The lowest BCUT2D eigenvalue weighted by Gasteiger charge is -2.24. The highest BCUT2D eigenvalue weighted by Gasteiger charge is 2.18. The van der Waals surface area contributed by atoms with Crippen molar-refractivity contribution in [1.82, 2.24) is 10.6 Å². The van der Waals surface area contributed by atoms with E-state index in [9.17, 15) is 4.79 Å². The molecule has 0 aliphatic carbocycles. The van der Waals surface area contributed by atoms with Crippen molar-refractivity contribution in [3.63, 3.8) is 0 Å². The van der Waals surface area contributed by atoms with Crippen molar-refractivity contribution >= 4 is 5.97 Å². The number of hydrogen-bond donors (Lipinski definition) is 3. The Labute approximate surface area is 83.8 Å². The van der Waals surface area contributed by atoms with Gasteiger partial charge in [0.05, 0.1) is 0 Å². The Morgan fingerprint density at radius 1 is 1.57 bits per heavy atom. The van der Waals surface area contributed by atoms with Crippen molar-refractivity contribution in [3.05, 3.63) is 0 Å². The number of hydrogen-bond acceptors (Lipinski definition) is 4. The second-order valence-electron chi connectivity index (χ2n) is 3.47. The minimum atomic E-state index is -0.813. The molecule has 1 unspecified atom stereocenters. The average molecular weight is 202 g/mol. The van der Waals surface area contributed by atoms with E-state index in [4.69, 9.17) is 9.84 Å². The summed E-state index contributed by atoms with van der Waals surface area (Å²) >= 11 is 0. The van der Waals surface area contributed by atoms with Crippen LogP contribution in [0.5, 0.6) is 0 Å². The molecule has 0 aromatic heterocycles. The van der Waals surface area contributed by atoms with E-state index in [1.807, 2.05) is 0 Å². The normalized spacial score (nSPS) is 20.6. The predicted molar refractivity (Wildman–Crippen MR) is 52.3 cm³/mol. The van der Waals surface area contributed by atoms with E-state index in [1.54, 1.807) is 7.05 Å². The number of likely N-dealkylation sites (N-methyl/N-ethyl adjacent to an activating group) is 1. The molecule has 1 rings (SSSR count). The highest BCUT2D eigenvalue weighted by atomic mass is 16.5. The largest absolute Gasteiger partial charge is 0.480 e. The molecule has 5 heteroatoms. The first-order valence-electron chi connectivity index (χ1n) is 4.95. The van der Waals surface area contributed by atoms with Gasteiger partial charge in [0.15, 0.2) is 0 Å². The van der Waals surface area contributed by atoms with Crippen LogP contribution < -0.4 is 10.6 Å². The van der Waals surface area contributed by atoms with Crippen LogP contribution in [0.25, 0.3) is 0 Å². The van der Waals surface area contributed by atoms with Gasteiger partial charge < -0.3 is 20.5 Å². The fraction of sp³-hybridized carbons (Fsp3) is 0.889. The molecule has 1 atom stereocenters. The van der Waals surface area contributed by atoms with Crippen molar-refractivity contribution in [2.24, 2.45) is 0 Å². The van der Waals surface area contributed by atoms with E-state index >= 15 is 0 Å². The van der Waals surface area contributed by atoms with Gasteiger partial charge in [-0.1, -0.05) is 0 Å². The van der Waals surface area contributed by atoms with Gasteiger partial charge in [-0.05, 0) is 19.9 Å². The van der Waals surface area contributed by atoms with E-state index in [-0.39, 0.29) is 0 Å². The maximum Gasteiger partial charge on any atom is 0.322 e. The zero-order valence-electron chi connectivity index (χ0n) is 8.45. The van der Waals surface area contributed by atoms with E-state index in [0.29, 0.717) is 12.6 Å². The maximum atomic E-state index is 10.7. The molecule has 1 aliphatic rings. The van der Waals surface area contributed by atoms with Gasteiger partial charge in [-0.3, -0.25) is 4.79 Å². The number of carboxylic acid groups (broad SMARTS) is 1. The van der Waals surface area contributed by atoms with Crippen molar-refractivity contribution in [2.45, 2.75) is 24.9 Å². The van der Waals surface area contributed by atoms with Gasteiger partial charge in [0.25, 0.3) is 0 Å². The fourth-order valence-electron chi connectivity index (χ4n) is 1.50. The molecule has 0 bridgehead atoms. The third kappa shape index (κ3) is 3.61. The van der Waals surface area contributed by atoms with Gasteiger partial charge in [0.1, 0.15) is 6.04 Å². The number of nitrogens with one attached hydrogen (secondary N) is 2. The van der Waals surface area contributed by atoms with Crippen molar-refractivity contribution in [3.8, 4) is 0 Å². The molecule has 14 heavy (non-hydrogen) atoms. The van der Waals surface area contributed by atoms with Crippen molar-refractivity contribution < 1.29 is 14.6 Å². The number of rotatable bonds is 5. The summed E-state index contributed by atoms with van der Waals surface area (Å²) in [7, 11) is 1.66. The first-order valence-corrected chi connectivity index (χ1v) is 4.95. The Hall–Kier alpha value is -0.650. The molecule has 1 heterocycles. The first kappa shape index (κ1) is 11.4. The summed E-state index contributed by atoms with van der Waals surface area (Å²) in [5.41, 5.74) is 0. The Bertz CT molecular complexity index is 181. The molecule has 1 aliphatic heterocycles. The summed E-state index contributed by atoms with van der Waals surface area (Å²) in [6.45, 7) is 2.01. The Morgan fingerprint density at radius 2 is 2.21 bits per heavy atom. The molecule has 0 aromatic rings. The van der Waals surface area contributed by atoms with Crippen LogP contribution in [0.15, 0.2) is 0 Å². The Morgan fingerprint density at radius 3 is 2.71 bits per heavy atom. The quantitative estimate of drug-likeness (QED) is 0.557. The topological polar surface area (TPSA) is 70.6 Å². The monoisotopic (exact) mass is 202 g/mol. The number of carbonyl (C=O) groups is 1. The third-order valence-electron chi connectivity index (χ3n) is 2.48. The molecule has 0 spiro atoms. The van der Waals surface area contributed by atoms with Crippen LogP contribution in [-0.4, -0.2) is 50.0 Å². The lowest BCUT2D eigenvalue weighted by Crippen LogP contribution is -2.47. The highest BCUT2D eigenvalue weighted by molar-refractivity contribution is 5.73. The molecule has 0 saturated carbocycles. The molecule has 3 N–H and O–H groups in total. The SMILES string of the molecule is CNC(CNC1CCOCC1)C(=O)O. The minimum Gasteiger partial charge on any atom is -0.480 e. The lowest BCUT2D eigenvalue weighted by molar-refractivity contribution is -0.139. The summed E-state index contributed by atoms with van der Waals surface area (Å²) in [4.78, 5) is 10.7. The summed E-state index contributed by atoms with van der Waals surface area (Å²) in [6, 6.07) is -0.100. The highest BCUT2D eigenvalue weighted by Crippen LogP contribution is 2.05. The predicted octanol–water partition coefficient (Wildman–Crippen LogP) is -0.572. The molecule has 1 saturated heterocycles. The maximum absolute atomic E-state index is 10.7. The van der Waals surface area contributed by atoms with Crippen LogP contribution in [0.4, 0.5) is 0 Å². The third-order valence-corrected chi connectivity index (χ3v) is 2.48. The summed E-state index contributed by atoms with van der Waals surface area (Å²) in [5.74, 6) is -0.813. The second kappa shape index (κ2) is 5.95.